The summed E-state index contributed by atoms with van der Waals surface area (Å²) in [4.78, 5) is 22.4. The number of alkyl halides is 5. The van der Waals surface area contributed by atoms with Gasteiger partial charge in [-0.25, -0.2) is 4.57 Å². The molecule has 0 spiro atoms. The van der Waals surface area contributed by atoms with E-state index in [0.717, 1.165) is 35.1 Å². The van der Waals surface area contributed by atoms with Gasteiger partial charge in [-0.15, -0.1) is 0 Å². The molecule has 3 fully saturated rings. The van der Waals surface area contributed by atoms with Gasteiger partial charge in [0.05, 0.1) is 6.10 Å². The number of carbonyl (C=O) groups is 1. The van der Waals surface area contributed by atoms with E-state index in [1.807, 2.05) is 6.07 Å². The number of hydrogen-bond donors (Lipinski definition) is 3. The van der Waals surface area contributed by atoms with E-state index in [-0.39, 0.29) is 59.3 Å². The van der Waals surface area contributed by atoms with Crippen LogP contribution < -0.4 is 4.52 Å². The van der Waals surface area contributed by atoms with Crippen LogP contribution in [0.15, 0.2) is 18.2 Å². The van der Waals surface area contributed by atoms with Gasteiger partial charge >= 0.3 is 25.8 Å². The van der Waals surface area contributed by atoms with Gasteiger partial charge in [0.1, 0.15) is 11.8 Å². The molecule has 9 atom stereocenters. The number of carboxylic acids is 1. The van der Waals surface area contributed by atoms with Crippen LogP contribution in [0.2, 0.25) is 0 Å². The number of aliphatic hydroxyl groups is 1. The molecule has 1 aromatic rings. The number of fused-ring (bicyclic) bond motifs is 5. The molecule has 5 rings (SSSR count). The minimum atomic E-state index is -5.63. The maximum Gasteiger partial charge on any atom is 0.459 e. The monoisotopic (exact) mass is 699 g/mol. The van der Waals surface area contributed by atoms with Crippen LogP contribution in [0.4, 0.5) is 22.0 Å². The van der Waals surface area contributed by atoms with Crippen molar-refractivity contribution < 1.29 is 55.2 Å². The zero-order chi connectivity index (χ0) is 33.7. The number of rotatable bonds is 12. The first-order valence-corrected chi connectivity index (χ1v) is 19.1. The molecular weight excluding hydrogens is 656 g/mol. The Hall–Kier alpha value is -1.60. The largest absolute Gasteiger partial charge is 0.480 e. The summed E-state index contributed by atoms with van der Waals surface area (Å²) in [6.07, 6.45) is -2.22. The first kappa shape index (κ1) is 35.7. The molecule has 2 unspecified atom stereocenters. The van der Waals surface area contributed by atoms with Gasteiger partial charge < -0.3 is 19.6 Å². The van der Waals surface area contributed by atoms with Crippen molar-refractivity contribution in [2.45, 2.75) is 108 Å². The molecule has 0 aromatic heterocycles. The number of benzene rings is 1. The normalized spacial score (nSPS) is 33.5. The van der Waals surface area contributed by atoms with Crippen molar-refractivity contribution in [2.24, 2.45) is 23.2 Å². The first-order valence-electron chi connectivity index (χ1n) is 16.1. The van der Waals surface area contributed by atoms with Crippen molar-refractivity contribution in [1.29, 1.82) is 0 Å². The van der Waals surface area contributed by atoms with Gasteiger partial charge in [0.2, 0.25) is 0 Å². The molecule has 15 heteroatoms. The zero-order valence-corrected chi connectivity index (χ0v) is 27.5. The molecule has 1 saturated heterocycles. The smallest absolute Gasteiger partial charge is 0.459 e. The Morgan fingerprint density at radius 3 is 2.54 bits per heavy atom. The highest BCUT2D eigenvalue weighted by Crippen LogP contribution is 2.63. The molecule has 0 bridgehead atoms. The third-order valence-corrected chi connectivity index (χ3v) is 14.2. The number of hydrogen-bond acceptors (Lipinski definition) is 5. The van der Waals surface area contributed by atoms with Crippen LogP contribution in [0.3, 0.4) is 0 Å². The average Bonchev–Trinajstić information content (AvgIpc) is 3.58. The quantitative estimate of drug-likeness (QED) is 0.163. The summed E-state index contributed by atoms with van der Waals surface area (Å²) in [5.74, 6) is -5.14. The molecule has 3 N–H and O–H groups in total. The molecule has 0 radical (unpaired) electrons. The van der Waals surface area contributed by atoms with E-state index in [4.69, 9.17) is 4.52 Å². The second-order valence-electron chi connectivity index (χ2n) is 13.8. The maximum absolute atomic E-state index is 13.3. The first-order chi connectivity index (χ1) is 21.4. The molecule has 3 aliphatic carbocycles. The van der Waals surface area contributed by atoms with Gasteiger partial charge in [0, 0.05) is 35.3 Å². The Morgan fingerprint density at radius 2 is 1.85 bits per heavy atom. The molecule has 1 heterocycles. The summed E-state index contributed by atoms with van der Waals surface area (Å²) < 4.78 is 96.3. The predicted molar refractivity (Wildman–Crippen MR) is 161 cm³/mol. The van der Waals surface area contributed by atoms with Crippen molar-refractivity contribution in [2.75, 3.05) is 18.1 Å². The van der Waals surface area contributed by atoms with Gasteiger partial charge in [0.15, 0.2) is 0 Å². The summed E-state index contributed by atoms with van der Waals surface area (Å²) >= 11 is 0. The molecular formula is C31H43F5NO7PS. The number of carboxylic acid groups (broad SMARTS) is 1. The van der Waals surface area contributed by atoms with Crippen LogP contribution >= 0.6 is 7.75 Å². The molecule has 2 saturated carbocycles. The second-order valence-corrected chi connectivity index (χ2v) is 17.2. The summed E-state index contributed by atoms with van der Waals surface area (Å²) in [7, 11) is -6.01. The Kier molecular flexibility index (Phi) is 10.4. The lowest BCUT2D eigenvalue weighted by Gasteiger charge is -2.53. The second kappa shape index (κ2) is 13.4. The van der Waals surface area contributed by atoms with Crippen LogP contribution in [0.5, 0.6) is 5.75 Å². The fraction of sp³-hybridized carbons (Fsp3) is 0.774. The third kappa shape index (κ3) is 7.07. The minimum absolute atomic E-state index is 0.102. The fourth-order valence-corrected chi connectivity index (χ4v) is 11.4. The molecule has 8 nitrogen and oxygen atoms in total. The summed E-state index contributed by atoms with van der Waals surface area (Å²) in [6, 6.07) is 4.19. The third-order valence-electron chi connectivity index (χ3n) is 11.1. The van der Waals surface area contributed by atoms with Crippen LogP contribution in [-0.4, -0.2) is 72.3 Å². The van der Waals surface area contributed by atoms with Crippen LogP contribution in [0.1, 0.15) is 88.2 Å². The van der Waals surface area contributed by atoms with Crippen LogP contribution in [0, 0.1) is 23.2 Å². The predicted octanol–water partition coefficient (Wildman–Crippen LogP) is 6.66. The van der Waals surface area contributed by atoms with Crippen molar-refractivity contribution in [3.05, 3.63) is 29.3 Å². The molecule has 1 aliphatic heterocycles. The molecule has 0 amide bonds. The summed E-state index contributed by atoms with van der Waals surface area (Å²) in [6.45, 7) is 2.27. The van der Waals surface area contributed by atoms with Crippen molar-refractivity contribution in [3.63, 3.8) is 0 Å². The Morgan fingerprint density at radius 1 is 1.13 bits per heavy atom. The zero-order valence-electron chi connectivity index (χ0n) is 25.8. The van der Waals surface area contributed by atoms with Gasteiger partial charge in [-0.05, 0) is 117 Å². The Balaban J connectivity index is 1.30. The van der Waals surface area contributed by atoms with Crippen molar-refractivity contribution in [3.8, 4) is 5.75 Å². The lowest BCUT2D eigenvalue weighted by Crippen LogP contribution is -2.47. The summed E-state index contributed by atoms with van der Waals surface area (Å²) in [5.41, 5.74) is 1.83. The highest BCUT2D eigenvalue weighted by atomic mass is 32.2. The number of halogens is 5. The van der Waals surface area contributed by atoms with Gasteiger partial charge in [-0.1, -0.05) is 13.0 Å². The number of aliphatic carboxylic acids is 1. The SMILES string of the molecule is C[C@]12CC[C@@H]3c4ccc(OP(=O)(O)N5CCC[C@H]5C(=O)O)cc4C[C@@H](CCCS(=O)CCCC(F)(F)C(F)(F)F)[C@H]3[C@@H]1CC[C@@H]2O. The Bertz CT molecular complexity index is 1360. The highest BCUT2D eigenvalue weighted by Gasteiger charge is 2.57. The average molecular weight is 700 g/mol. The standard InChI is InChI=1S/C31H43F5NO7PS/c1-29-13-11-23-22-8-7-21(44-45(41,42)37-14-2-6-25(37)28(39)40)18-20(22)17-19(27(23)24(29)9-10-26(29)38)5-3-15-46(43)16-4-12-30(32,33)31(34,35)36/h7-8,18-19,23-27,38H,2-6,9-17H2,1H3,(H,39,40)(H,41,42)/t19-,23-,24+,25+,26+,27-,29+,46?/m1/s1. The van der Waals surface area contributed by atoms with Crippen molar-refractivity contribution >= 4 is 24.5 Å². The van der Waals surface area contributed by atoms with Crippen molar-refractivity contribution in [1.82, 2.24) is 4.67 Å². The fourth-order valence-electron chi connectivity index (χ4n) is 8.78. The lowest BCUT2D eigenvalue weighted by molar-refractivity contribution is -0.284. The van der Waals surface area contributed by atoms with E-state index < -0.39 is 61.6 Å². The van der Waals surface area contributed by atoms with Gasteiger partial charge in [-0.2, -0.15) is 26.6 Å². The van der Waals surface area contributed by atoms with E-state index in [1.54, 1.807) is 12.1 Å². The highest BCUT2D eigenvalue weighted by molar-refractivity contribution is 7.84. The number of aliphatic hydroxyl groups excluding tert-OH is 1. The molecule has 1 aromatic carbocycles. The van der Waals surface area contributed by atoms with E-state index in [1.165, 1.54) is 0 Å². The van der Waals surface area contributed by atoms with E-state index in [9.17, 15) is 50.6 Å². The summed E-state index contributed by atoms with van der Waals surface area (Å²) in [5, 5.41) is 20.4. The minimum Gasteiger partial charge on any atom is -0.480 e. The van der Waals surface area contributed by atoms with Gasteiger partial charge in [0.25, 0.3) is 0 Å². The van der Waals surface area contributed by atoms with E-state index in [0.29, 0.717) is 32.1 Å². The molecule has 46 heavy (non-hydrogen) atoms. The van der Waals surface area contributed by atoms with Crippen LogP contribution in [0.25, 0.3) is 0 Å². The van der Waals surface area contributed by atoms with E-state index in [2.05, 4.69) is 6.92 Å². The topological polar surface area (TPSA) is 124 Å². The van der Waals surface area contributed by atoms with Gasteiger partial charge in [-0.3, -0.25) is 9.00 Å². The maximum atomic E-state index is 13.3. The number of nitrogens with zero attached hydrogens (tertiary/aromatic N) is 1. The molecule has 4 aliphatic rings. The Labute approximate surface area is 268 Å². The molecule has 260 valence electrons. The van der Waals surface area contributed by atoms with Crippen LogP contribution in [-0.2, 0) is 26.6 Å². The van der Waals surface area contributed by atoms with E-state index >= 15 is 0 Å². The lowest BCUT2D eigenvalue weighted by atomic mass is 9.52.